The van der Waals surface area contributed by atoms with Crippen molar-refractivity contribution in [1.82, 2.24) is 14.9 Å². The van der Waals surface area contributed by atoms with Gasteiger partial charge in [-0.05, 0) is 51.3 Å². The molecule has 0 spiro atoms. The van der Waals surface area contributed by atoms with Crippen LogP contribution in [0.5, 0.6) is 6.01 Å². The fourth-order valence-electron chi connectivity index (χ4n) is 6.56. The van der Waals surface area contributed by atoms with E-state index < -0.39 is 52.4 Å². The first-order valence-electron chi connectivity index (χ1n) is 15.5. The third kappa shape index (κ3) is 6.31. The van der Waals surface area contributed by atoms with Gasteiger partial charge in [0.05, 0.1) is 27.9 Å². The molecular weight excluding hydrogens is 687 g/mol. The van der Waals surface area contributed by atoms with E-state index in [4.69, 9.17) is 24.7 Å². The predicted molar refractivity (Wildman–Crippen MR) is 175 cm³/mol. The highest BCUT2D eigenvalue weighted by Gasteiger charge is 2.46. The molecule has 2 N–H and O–H groups in total. The highest BCUT2D eigenvalue weighted by molar-refractivity contribution is 7.23. The number of ether oxygens (including phenoxy) is 4. The van der Waals surface area contributed by atoms with Gasteiger partial charge in [0.2, 0.25) is 0 Å². The third-order valence-corrected chi connectivity index (χ3v) is 9.68. The Kier molecular flexibility index (Phi) is 9.16. The lowest BCUT2D eigenvalue weighted by Gasteiger charge is -2.42. The first kappa shape index (κ1) is 35.3. The van der Waals surface area contributed by atoms with Crippen LogP contribution in [0.25, 0.3) is 32.1 Å². The highest BCUT2D eigenvalue weighted by atomic mass is 32.1. The number of thiophene rings is 1. The molecule has 1 amide bonds. The van der Waals surface area contributed by atoms with E-state index in [-0.39, 0.29) is 75.2 Å². The van der Waals surface area contributed by atoms with Gasteiger partial charge in [-0.1, -0.05) is 6.07 Å². The van der Waals surface area contributed by atoms with Crippen LogP contribution >= 0.6 is 11.3 Å². The van der Waals surface area contributed by atoms with Crippen LogP contribution in [-0.4, -0.2) is 78.9 Å². The maximum Gasteiger partial charge on any atom is 0.417 e. The summed E-state index contributed by atoms with van der Waals surface area (Å²) in [5, 5.41) is 9.15. The summed E-state index contributed by atoms with van der Waals surface area (Å²) in [6.07, 6.45) is -5.29. The van der Waals surface area contributed by atoms with Crippen molar-refractivity contribution in [3.63, 3.8) is 0 Å². The Hall–Kier alpha value is -4.53. The average molecular weight is 721 g/mol. The molecule has 2 saturated heterocycles. The van der Waals surface area contributed by atoms with Crippen molar-refractivity contribution in [3.05, 3.63) is 41.0 Å². The lowest BCUT2D eigenvalue weighted by Crippen LogP contribution is -2.57. The monoisotopic (exact) mass is 720 g/mol. The van der Waals surface area contributed by atoms with Crippen LogP contribution in [-0.2, 0) is 20.4 Å². The number of halogens is 5. The fourth-order valence-corrected chi connectivity index (χ4v) is 7.51. The summed E-state index contributed by atoms with van der Waals surface area (Å²) in [7, 11) is 2.73. The fraction of sp³-hybridized carbons (Fsp3) is 0.455. The molecule has 0 saturated carbocycles. The van der Waals surface area contributed by atoms with Gasteiger partial charge in [-0.3, -0.25) is 4.90 Å². The van der Waals surface area contributed by atoms with Crippen LogP contribution in [0.1, 0.15) is 44.7 Å². The van der Waals surface area contributed by atoms with E-state index in [2.05, 4.69) is 9.97 Å². The molecule has 4 aromatic rings. The van der Waals surface area contributed by atoms with Crippen molar-refractivity contribution in [2.75, 3.05) is 44.5 Å². The van der Waals surface area contributed by atoms with Crippen LogP contribution in [0.2, 0.25) is 0 Å². The standard InChI is InChI=1S/C33H33F5N6O5S/c1-32(2,3)49-31(45)44-15-6-7-16(44)13-43(12-15)29-18-10-20(33(36,37)38)24(17-8-9-21(34)27-23(17)19(11-39)28(40)50-27)25(35)26(18)41-30(42-29)48-14-22(46-4)47-5/h8-10,15-16,22H,6-7,12-14,40H2,1-5H3. The number of alkyl halides is 3. The van der Waals surface area contributed by atoms with Gasteiger partial charge in [-0.25, -0.2) is 13.6 Å². The molecule has 2 aliphatic heterocycles. The summed E-state index contributed by atoms with van der Waals surface area (Å²) in [5.74, 6) is -2.27. The molecule has 0 radical (unpaired) electrons. The molecule has 2 aliphatic rings. The number of nitrogen functional groups attached to an aromatic ring is 1. The molecule has 2 fully saturated rings. The van der Waals surface area contributed by atoms with Gasteiger partial charge in [0.25, 0.3) is 0 Å². The molecule has 2 aromatic carbocycles. The Bertz CT molecular complexity index is 2010. The second-order valence-electron chi connectivity index (χ2n) is 13.0. The Morgan fingerprint density at radius 3 is 2.36 bits per heavy atom. The number of nitrogens with zero attached hydrogens (tertiary/aromatic N) is 5. The first-order chi connectivity index (χ1) is 23.6. The van der Waals surface area contributed by atoms with E-state index in [1.54, 1.807) is 30.6 Å². The molecule has 2 aromatic heterocycles. The number of nitrogens with two attached hydrogens (primary N) is 1. The minimum Gasteiger partial charge on any atom is -0.458 e. The molecule has 266 valence electrons. The second-order valence-corrected chi connectivity index (χ2v) is 14.0. The van der Waals surface area contributed by atoms with Crippen LogP contribution in [0.3, 0.4) is 0 Å². The molecular formula is C33H33F5N6O5S. The van der Waals surface area contributed by atoms with Gasteiger partial charge in [0.15, 0.2) is 12.1 Å². The number of nitriles is 1. The van der Waals surface area contributed by atoms with Gasteiger partial charge in [-0.2, -0.15) is 28.4 Å². The van der Waals surface area contributed by atoms with E-state index >= 15 is 4.39 Å². The molecule has 0 aliphatic carbocycles. The number of benzene rings is 2. The van der Waals surface area contributed by atoms with Gasteiger partial charge >= 0.3 is 18.3 Å². The zero-order valence-electron chi connectivity index (χ0n) is 27.7. The molecule has 2 unspecified atom stereocenters. The summed E-state index contributed by atoms with van der Waals surface area (Å²) >= 11 is 0.674. The molecule has 17 heteroatoms. The number of methoxy groups -OCH3 is 2. The second kappa shape index (κ2) is 13.0. The van der Waals surface area contributed by atoms with E-state index in [0.29, 0.717) is 24.2 Å². The van der Waals surface area contributed by atoms with E-state index in [9.17, 15) is 27.6 Å². The topological polar surface area (TPSA) is 136 Å². The van der Waals surface area contributed by atoms with Crippen LogP contribution in [0.15, 0.2) is 18.2 Å². The van der Waals surface area contributed by atoms with E-state index in [1.807, 2.05) is 6.07 Å². The number of piperazine rings is 1. The van der Waals surface area contributed by atoms with Gasteiger partial charge in [-0.15, -0.1) is 11.3 Å². The van der Waals surface area contributed by atoms with Crippen LogP contribution in [0.4, 0.5) is 37.6 Å². The number of fused-ring (bicyclic) bond motifs is 4. The summed E-state index contributed by atoms with van der Waals surface area (Å²) in [6, 6.07) is 3.34. The number of amides is 1. The quantitative estimate of drug-likeness (QED) is 0.160. The smallest absolute Gasteiger partial charge is 0.417 e. The van der Waals surface area contributed by atoms with Crippen molar-refractivity contribution >= 4 is 49.2 Å². The summed E-state index contributed by atoms with van der Waals surface area (Å²) in [6.45, 7) is 5.32. The van der Waals surface area contributed by atoms with Crippen molar-refractivity contribution in [2.45, 2.75) is 63.8 Å². The zero-order chi connectivity index (χ0) is 36.3. The number of aromatic nitrogens is 2. The Morgan fingerprint density at radius 2 is 1.78 bits per heavy atom. The van der Waals surface area contributed by atoms with Gasteiger partial charge < -0.3 is 29.6 Å². The van der Waals surface area contributed by atoms with E-state index in [0.717, 1.165) is 18.2 Å². The minimum atomic E-state index is -5.12. The van der Waals surface area contributed by atoms with Crippen LogP contribution < -0.4 is 15.4 Å². The Labute approximate surface area is 287 Å². The number of hydrogen-bond donors (Lipinski definition) is 1. The van der Waals surface area contributed by atoms with Crippen LogP contribution in [0, 0.1) is 23.0 Å². The summed E-state index contributed by atoms with van der Waals surface area (Å²) in [5.41, 5.74) is 1.69. The normalized spacial score (nSPS) is 18.0. The maximum atomic E-state index is 17.0. The molecule has 50 heavy (non-hydrogen) atoms. The predicted octanol–water partition coefficient (Wildman–Crippen LogP) is 6.85. The first-order valence-corrected chi connectivity index (χ1v) is 16.3. The van der Waals surface area contributed by atoms with Crippen molar-refractivity contribution < 1.29 is 45.7 Å². The third-order valence-electron chi connectivity index (χ3n) is 8.66. The van der Waals surface area contributed by atoms with Gasteiger partial charge in [0.1, 0.15) is 40.4 Å². The Morgan fingerprint density at radius 1 is 1.12 bits per heavy atom. The van der Waals surface area contributed by atoms with Crippen molar-refractivity contribution in [1.29, 1.82) is 5.26 Å². The highest BCUT2D eigenvalue weighted by Crippen LogP contribution is 2.48. The number of anilines is 2. The van der Waals surface area contributed by atoms with Crippen molar-refractivity contribution in [2.24, 2.45) is 0 Å². The zero-order valence-corrected chi connectivity index (χ0v) is 28.5. The number of carbonyl (C=O) groups excluding carboxylic acids is 1. The SMILES string of the molecule is COC(COc1nc(N2CC3CCC(C2)N3C(=O)OC(C)(C)C)c2cc(C(F)(F)F)c(-c3ccc(F)c4sc(N)c(C#N)c34)c(F)c2n1)OC. The Balaban J connectivity index is 1.56. The number of carbonyl (C=O) groups is 1. The molecule has 11 nitrogen and oxygen atoms in total. The largest absolute Gasteiger partial charge is 0.458 e. The molecule has 6 rings (SSSR count). The summed E-state index contributed by atoms with van der Waals surface area (Å²) < 4.78 is 98.2. The number of hydrogen-bond acceptors (Lipinski definition) is 11. The minimum absolute atomic E-state index is 0.0465. The molecule has 2 atom stereocenters. The molecule has 4 heterocycles. The lowest BCUT2D eigenvalue weighted by molar-refractivity contribution is -0.137. The average Bonchev–Trinajstić information content (AvgIpc) is 3.53. The van der Waals surface area contributed by atoms with Crippen molar-refractivity contribution in [3.8, 4) is 23.2 Å². The molecule has 2 bridgehead atoms. The number of rotatable bonds is 7. The van der Waals surface area contributed by atoms with E-state index in [1.165, 1.54) is 14.2 Å². The van der Waals surface area contributed by atoms with Gasteiger partial charge in [0, 0.05) is 43.6 Å². The summed E-state index contributed by atoms with van der Waals surface area (Å²) in [4.78, 5) is 25.1. The maximum absolute atomic E-state index is 17.0. The lowest BCUT2D eigenvalue weighted by atomic mass is 9.92.